The van der Waals surface area contributed by atoms with E-state index in [1.807, 2.05) is 12.4 Å². The van der Waals surface area contributed by atoms with E-state index in [1.165, 1.54) is 24.1 Å². The molecule has 1 fully saturated rings. The number of likely N-dealkylation sites (tertiary alicyclic amines) is 1. The molecule has 2 heterocycles. The average Bonchev–Trinajstić information content (AvgIpc) is 2.41. The van der Waals surface area contributed by atoms with E-state index < -0.39 is 0 Å². The summed E-state index contributed by atoms with van der Waals surface area (Å²) in [5.74, 6) is 0.700. The topological polar surface area (TPSA) is 28.2 Å². The van der Waals surface area contributed by atoms with Gasteiger partial charge in [0.1, 0.15) is 0 Å². The summed E-state index contributed by atoms with van der Waals surface area (Å²) in [5.41, 5.74) is 2.71. The highest BCUT2D eigenvalue weighted by molar-refractivity contribution is 5.21. The normalized spacial score (nSPS) is 28.5. The number of aryl methyl sites for hydroxylation is 1. The molecule has 1 aromatic heterocycles. The number of aromatic nitrogens is 1. The summed E-state index contributed by atoms with van der Waals surface area (Å²) in [7, 11) is 0. The highest BCUT2D eigenvalue weighted by Crippen LogP contribution is 2.25. The summed E-state index contributed by atoms with van der Waals surface area (Å²) in [5, 5.41) is 3.62. The average molecular weight is 261 g/mol. The van der Waals surface area contributed by atoms with Crippen molar-refractivity contribution in [2.75, 3.05) is 13.1 Å². The Hall–Kier alpha value is -0.930. The van der Waals surface area contributed by atoms with Gasteiger partial charge in [0.15, 0.2) is 0 Å². The SMILES string of the molecule is CCNC1CCN(Cc2cnccc2C)C(C)C1C. The van der Waals surface area contributed by atoms with Crippen molar-refractivity contribution in [2.24, 2.45) is 5.92 Å². The maximum Gasteiger partial charge on any atom is 0.0315 e. The summed E-state index contributed by atoms with van der Waals surface area (Å²) in [4.78, 5) is 6.86. The van der Waals surface area contributed by atoms with E-state index in [-0.39, 0.29) is 0 Å². The van der Waals surface area contributed by atoms with Crippen molar-refractivity contribution in [3.63, 3.8) is 0 Å². The van der Waals surface area contributed by atoms with Gasteiger partial charge in [-0.1, -0.05) is 13.8 Å². The molecule has 1 aromatic rings. The Morgan fingerprint density at radius 3 is 2.89 bits per heavy atom. The molecule has 1 aliphatic rings. The first kappa shape index (κ1) is 14.5. The lowest BCUT2D eigenvalue weighted by Gasteiger charge is -2.43. The quantitative estimate of drug-likeness (QED) is 0.903. The Kier molecular flexibility index (Phi) is 4.94. The molecule has 0 spiro atoms. The molecule has 1 aliphatic heterocycles. The molecule has 106 valence electrons. The van der Waals surface area contributed by atoms with E-state index in [0.717, 1.165) is 13.1 Å². The van der Waals surface area contributed by atoms with Gasteiger partial charge in [0.2, 0.25) is 0 Å². The van der Waals surface area contributed by atoms with Crippen molar-refractivity contribution in [1.82, 2.24) is 15.2 Å². The fourth-order valence-corrected chi connectivity index (χ4v) is 3.09. The lowest BCUT2D eigenvalue weighted by Crippen LogP contribution is -2.52. The Balaban J connectivity index is 2.01. The van der Waals surface area contributed by atoms with Gasteiger partial charge in [0.25, 0.3) is 0 Å². The number of nitrogens with one attached hydrogen (secondary N) is 1. The summed E-state index contributed by atoms with van der Waals surface area (Å²) >= 11 is 0. The lowest BCUT2D eigenvalue weighted by molar-refractivity contribution is 0.0788. The smallest absolute Gasteiger partial charge is 0.0315 e. The van der Waals surface area contributed by atoms with Crippen LogP contribution < -0.4 is 5.32 Å². The van der Waals surface area contributed by atoms with Crippen LogP contribution in [0.2, 0.25) is 0 Å². The molecule has 3 unspecified atom stereocenters. The van der Waals surface area contributed by atoms with Crippen LogP contribution in [0.3, 0.4) is 0 Å². The zero-order valence-corrected chi connectivity index (χ0v) is 12.7. The molecule has 0 amide bonds. The fourth-order valence-electron chi connectivity index (χ4n) is 3.09. The van der Waals surface area contributed by atoms with E-state index in [2.05, 4.69) is 49.0 Å². The minimum absolute atomic E-state index is 0.623. The van der Waals surface area contributed by atoms with Gasteiger partial charge >= 0.3 is 0 Å². The van der Waals surface area contributed by atoms with Gasteiger partial charge in [-0.25, -0.2) is 0 Å². The first-order valence-corrected chi connectivity index (χ1v) is 7.50. The largest absolute Gasteiger partial charge is 0.314 e. The second-order valence-electron chi connectivity index (χ2n) is 5.83. The minimum atomic E-state index is 0.623. The number of pyridine rings is 1. The Labute approximate surface area is 117 Å². The standard InChI is InChI=1S/C16H27N3/c1-5-18-16-7-9-19(14(4)13(16)3)11-15-10-17-8-6-12(15)2/h6,8,10,13-14,16,18H,5,7,9,11H2,1-4H3. The van der Waals surface area contributed by atoms with Crippen LogP contribution in [0.5, 0.6) is 0 Å². The van der Waals surface area contributed by atoms with Crippen LogP contribution >= 0.6 is 0 Å². The molecule has 3 heteroatoms. The van der Waals surface area contributed by atoms with Gasteiger partial charge in [-0.15, -0.1) is 0 Å². The zero-order chi connectivity index (χ0) is 13.8. The van der Waals surface area contributed by atoms with E-state index in [1.54, 1.807) is 0 Å². The summed E-state index contributed by atoms with van der Waals surface area (Å²) in [6, 6.07) is 3.40. The number of rotatable bonds is 4. The monoisotopic (exact) mass is 261 g/mol. The minimum Gasteiger partial charge on any atom is -0.314 e. The molecule has 1 saturated heterocycles. The second-order valence-corrected chi connectivity index (χ2v) is 5.83. The van der Waals surface area contributed by atoms with Gasteiger partial charge in [-0.2, -0.15) is 0 Å². The van der Waals surface area contributed by atoms with E-state index >= 15 is 0 Å². The van der Waals surface area contributed by atoms with Gasteiger partial charge in [0, 0.05) is 37.6 Å². The Bertz CT molecular complexity index is 405. The second kappa shape index (κ2) is 6.49. The van der Waals surface area contributed by atoms with Gasteiger partial charge < -0.3 is 5.32 Å². The van der Waals surface area contributed by atoms with E-state index in [4.69, 9.17) is 0 Å². The summed E-state index contributed by atoms with van der Waals surface area (Å²) in [6.45, 7) is 12.4. The molecule has 3 atom stereocenters. The highest BCUT2D eigenvalue weighted by atomic mass is 15.2. The van der Waals surface area contributed by atoms with E-state index in [0.29, 0.717) is 18.0 Å². The molecule has 19 heavy (non-hydrogen) atoms. The van der Waals surface area contributed by atoms with Crippen LogP contribution in [0.25, 0.3) is 0 Å². The number of hydrogen-bond acceptors (Lipinski definition) is 3. The van der Waals surface area contributed by atoms with Crippen LogP contribution in [-0.4, -0.2) is 35.1 Å². The zero-order valence-electron chi connectivity index (χ0n) is 12.7. The molecule has 3 nitrogen and oxygen atoms in total. The van der Waals surface area contributed by atoms with Crippen molar-refractivity contribution < 1.29 is 0 Å². The Morgan fingerprint density at radius 2 is 2.21 bits per heavy atom. The molecule has 1 N–H and O–H groups in total. The molecular weight excluding hydrogens is 234 g/mol. The first-order valence-electron chi connectivity index (χ1n) is 7.50. The molecule has 0 saturated carbocycles. The number of hydrogen-bond donors (Lipinski definition) is 1. The summed E-state index contributed by atoms with van der Waals surface area (Å²) in [6.07, 6.45) is 5.14. The highest BCUT2D eigenvalue weighted by Gasteiger charge is 2.31. The van der Waals surface area contributed by atoms with Crippen LogP contribution in [0.4, 0.5) is 0 Å². The lowest BCUT2D eigenvalue weighted by atomic mass is 9.86. The van der Waals surface area contributed by atoms with Gasteiger partial charge in [-0.3, -0.25) is 9.88 Å². The van der Waals surface area contributed by atoms with Crippen LogP contribution in [0.15, 0.2) is 18.5 Å². The van der Waals surface area contributed by atoms with Crippen LogP contribution in [-0.2, 0) is 6.54 Å². The summed E-state index contributed by atoms with van der Waals surface area (Å²) < 4.78 is 0. The fraction of sp³-hybridized carbons (Fsp3) is 0.688. The third-order valence-electron chi connectivity index (χ3n) is 4.69. The van der Waals surface area contributed by atoms with E-state index in [9.17, 15) is 0 Å². The Morgan fingerprint density at radius 1 is 1.42 bits per heavy atom. The van der Waals surface area contributed by atoms with Crippen molar-refractivity contribution >= 4 is 0 Å². The molecule has 2 rings (SSSR count). The molecule has 0 radical (unpaired) electrons. The van der Waals surface area contributed by atoms with Crippen LogP contribution in [0.1, 0.15) is 38.3 Å². The van der Waals surface area contributed by atoms with Gasteiger partial charge in [-0.05, 0) is 49.9 Å². The maximum absolute atomic E-state index is 4.26. The van der Waals surface area contributed by atoms with Crippen molar-refractivity contribution in [2.45, 2.75) is 52.7 Å². The predicted molar refractivity (Wildman–Crippen MR) is 80.1 cm³/mol. The number of nitrogens with zero attached hydrogens (tertiary/aromatic N) is 2. The maximum atomic E-state index is 4.26. The molecule has 0 aromatic carbocycles. The molecule has 0 bridgehead atoms. The third kappa shape index (κ3) is 3.34. The van der Waals surface area contributed by atoms with Gasteiger partial charge in [0.05, 0.1) is 0 Å². The van der Waals surface area contributed by atoms with Crippen molar-refractivity contribution in [3.05, 3.63) is 29.6 Å². The molecular formula is C16H27N3. The molecule has 0 aliphatic carbocycles. The van der Waals surface area contributed by atoms with Crippen LogP contribution in [0, 0.1) is 12.8 Å². The number of piperidine rings is 1. The first-order chi connectivity index (χ1) is 9.13. The third-order valence-corrected chi connectivity index (χ3v) is 4.69. The predicted octanol–water partition coefficient (Wildman–Crippen LogP) is 2.60. The van der Waals surface area contributed by atoms with Crippen molar-refractivity contribution in [3.8, 4) is 0 Å². The van der Waals surface area contributed by atoms with Crippen molar-refractivity contribution in [1.29, 1.82) is 0 Å².